The van der Waals surface area contributed by atoms with Crippen LogP contribution in [0.2, 0.25) is 0 Å². The molecule has 1 aliphatic rings. The van der Waals surface area contributed by atoms with Crippen molar-refractivity contribution < 1.29 is 14.3 Å². The van der Waals surface area contributed by atoms with Crippen molar-refractivity contribution in [1.29, 1.82) is 0 Å². The number of para-hydroxylation sites is 1. The van der Waals surface area contributed by atoms with E-state index in [1.807, 2.05) is 19.1 Å². The lowest BCUT2D eigenvalue weighted by atomic mass is 9.83. The Balaban J connectivity index is 1.67. The quantitative estimate of drug-likeness (QED) is 0.564. The number of aryl methyl sites for hydroxylation is 1. The molecular weight excluding hydrogens is 371 g/mol. The Morgan fingerprint density at radius 3 is 2.59 bits per heavy atom. The summed E-state index contributed by atoms with van der Waals surface area (Å²) in [5.41, 5.74) is 4.52. The second-order valence-corrected chi connectivity index (χ2v) is 7.29. The molecule has 1 atom stereocenters. The van der Waals surface area contributed by atoms with Crippen LogP contribution in [0.15, 0.2) is 48.5 Å². The van der Waals surface area contributed by atoms with Gasteiger partial charge < -0.3 is 5.11 Å². The maximum atomic E-state index is 13.3. The first-order valence-electron chi connectivity index (χ1n) is 9.35. The topological polar surface area (TPSA) is 80.4 Å². The van der Waals surface area contributed by atoms with Gasteiger partial charge >= 0.3 is 0 Å². The molecule has 4 aromatic rings. The zero-order valence-corrected chi connectivity index (χ0v) is 15.6. The molecule has 2 aromatic heterocycles. The highest BCUT2D eigenvalue weighted by Crippen LogP contribution is 2.37. The maximum absolute atomic E-state index is 13.3. The molecule has 1 N–H and O–H groups in total. The van der Waals surface area contributed by atoms with E-state index in [1.54, 1.807) is 28.8 Å². The van der Waals surface area contributed by atoms with Crippen molar-refractivity contribution in [1.82, 2.24) is 19.8 Å². The fourth-order valence-corrected chi connectivity index (χ4v) is 4.08. The third kappa shape index (κ3) is 2.77. The summed E-state index contributed by atoms with van der Waals surface area (Å²) >= 11 is 0. The molecule has 29 heavy (non-hydrogen) atoms. The molecule has 0 radical (unpaired) electrons. The lowest BCUT2D eigenvalue weighted by molar-refractivity contribution is 0.0955. The van der Waals surface area contributed by atoms with E-state index in [-0.39, 0.29) is 29.7 Å². The van der Waals surface area contributed by atoms with Crippen LogP contribution >= 0.6 is 0 Å². The average molecular weight is 388 g/mol. The molecule has 0 bridgehead atoms. The lowest BCUT2D eigenvalue weighted by Crippen LogP contribution is -2.24. The SMILES string of the molecule is Cc1nn2c3c(nnc2c1-c1ccc(F)cc1)C(=O)C[C@H](c1ccccc1O)C3. The Kier molecular flexibility index (Phi) is 3.91. The predicted octanol–water partition coefficient (Wildman–Crippen LogP) is 3.86. The summed E-state index contributed by atoms with van der Waals surface area (Å²) in [7, 11) is 0. The van der Waals surface area contributed by atoms with Gasteiger partial charge in [-0.05, 0) is 42.7 Å². The van der Waals surface area contributed by atoms with Gasteiger partial charge in [0.2, 0.25) is 0 Å². The van der Waals surface area contributed by atoms with E-state index in [0.29, 0.717) is 23.5 Å². The van der Waals surface area contributed by atoms with Gasteiger partial charge in [0.1, 0.15) is 11.6 Å². The number of carbonyl (C=O) groups is 1. The fraction of sp³-hybridized carbons (Fsp3) is 0.182. The van der Waals surface area contributed by atoms with Crippen molar-refractivity contribution in [2.45, 2.75) is 25.7 Å². The number of hydrogen-bond donors (Lipinski definition) is 1. The number of aromatic hydroxyl groups is 1. The van der Waals surface area contributed by atoms with Gasteiger partial charge in [0, 0.05) is 12.3 Å². The van der Waals surface area contributed by atoms with Gasteiger partial charge in [-0.3, -0.25) is 4.79 Å². The molecule has 0 spiro atoms. The average Bonchev–Trinajstić information content (AvgIpc) is 3.05. The number of ketones is 1. The fourth-order valence-electron chi connectivity index (χ4n) is 4.08. The Morgan fingerprint density at radius 1 is 1.07 bits per heavy atom. The van der Waals surface area contributed by atoms with Crippen molar-refractivity contribution in [2.75, 3.05) is 0 Å². The second kappa shape index (κ2) is 6.48. The van der Waals surface area contributed by atoms with Gasteiger partial charge in [0.25, 0.3) is 0 Å². The first kappa shape index (κ1) is 17.5. The van der Waals surface area contributed by atoms with Crippen LogP contribution in [-0.2, 0) is 6.42 Å². The lowest BCUT2D eigenvalue weighted by Gasteiger charge is -2.23. The number of halogens is 1. The highest BCUT2D eigenvalue weighted by Gasteiger charge is 2.32. The van der Waals surface area contributed by atoms with E-state index in [4.69, 9.17) is 0 Å². The van der Waals surface area contributed by atoms with E-state index in [2.05, 4.69) is 15.3 Å². The molecule has 0 amide bonds. The van der Waals surface area contributed by atoms with Crippen molar-refractivity contribution in [3.8, 4) is 16.9 Å². The predicted molar refractivity (Wildman–Crippen MR) is 104 cm³/mol. The smallest absolute Gasteiger partial charge is 0.185 e. The number of benzene rings is 2. The van der Waals surface area contributed by atoms with Crippen molar-refractivity contribution >= 4 is 11.4 Å². The molecule has 1 aliphatic carbocycles. The summed E-state index contributed by atoms with van der Waals surface area (Å²) in [6.45, 7) is 1.85. The molecule has 0 aliphatic heterocycles. The minimum absolute atomic E-state index is 0.120. The van der Waals surface area contributed by atoms with Crippen LogP contribution in [0.1, 0.15) is 39.8 Å². The Morgan fingerprint density at radius 2 is 1.83 bits per heavy atom. The van der Waals surface area contributed by atoms with Crippen LogP contribution in [-0.4, -0.2) is 30.7 Å². The van der Waals surface area contributed by atoms with Crippen LogP contribution in [0.25, 0.3) is 16.8 Å². The van der Waals surface area contributed by atoms with E-state index < -0.39 is 0 Å². The molecule has 5 rings (SSSR count). The van der Waals surface area contributed by atoms with Gasteiger partial charge in [-0.1, -0.05) is 30.3 Å². The van der Waals surface area contributed by atoms with Crippen molar-refractivity contribution in [2.24, 2.45) is 0 Å². The number of phenols is 1. The highest BCUT2D eigenvalue weighted by atomic mass is 19.1. The van der Waals surface area contributed by atoms with E-state index in [9.17, 15) is 14.3 Å². The largest absolute Gasteiger partial charge is 0.508 e. The monoisotopic (exact) mass is 388 g/mol. The number of aromatic nitrogens is 4. The van der Waals surface area contributed by atoms with E-state index >= 15 is 0 Å². The molecule has 0 saturated carbocycles. The van der Waals surface area contributed by atoms with Crippen LogP contribution in [0.5, 0.6) is 5.75 Å². The molecule has 6 nitrogen and oxygen atoms in total. The summed E-state index contributed by atoms with van der Waals surface area (Å²) in [6, 6.07) is 13.2. The van der Waals surface area contributed by atoms with E-state index in [1.165, 1.54) is 12.1 Å². The van der Waals surface area contributed by atoms with Gasteiger partial charge in [0.05, 0.1) is 17.0 Å². The number of fused-ring (bicyclic) bond motifs is 3. The van der Waals surface area contributed by atoms with Crippen LogP contribution in [0.4, 0.5) is 4.39 Å². The standard InChI is InChI=1S/C22H17FN4O2/c1-12-20(13-6-8-15(23)9-7-13)22-25-24-21-17(27(22)26-12)10-14(11-19(21)29)16-4-2-3-5-18(16)28/h2-9,14,28H,10-11H2,1H3/t14-/m1/s1. The Labute approximate surface area is 165 Å². The third-order valence-corrected chi connectivity index (χ3v) is 5.45. The first-order valence-corrected chi connectivity index (χ1v) is 9.35. The van der Waals surface area contributed by atoms with Gasteiger partial charge in [-0.2, -0.15) is 5.10 Å². The van der Waals surface area contributed by atoms with Gasteiger partial charge in [-0.15, -0.1) is 10.2 Å². The third-order valence-electron chi connectivity index (χ3n) is 5.45. The number of carbonyl (C=O) groups excluding carboxylic acids is 1. The number of hydrogen-bond acceptors (Lipinski definition) is 5. The number of rotatable bonds is 2. The van der Waals surface area contributed by atoms with Crippen LogP contribution in [0, 0.1) is 12.7 Å². The van der Waals surface area contributed by atoms with Gasteiger partial charge in [-0.25, -0.2) is 8.91 Å². The number of nitrogens with zero attached hydrogens (tertiary/aromatic N) is 4. The number of phenolic OH excluding ortho intramolecular Hbond substituents is 1. The minimum atomic E-state index is -0.317. The summed E-state index contributed by atoms with van der Waals surface area (Å²) in [5.74, 6) is -0.425. The summed E-state index contributed by atoms with van der Waals surface area (Å²) in [4.78, 5) is 12.8. The molecular formula is C22H17FN4O2. The molecule has 144 valence electrons. The molecule has 0 saturated heterocycles. The minimum Gasteiger partial charge on any atom is -0.508 e. The zero-order chi connectivity index (χ0) is 20.1. The Bertz CT molecular complexity index is 1260. The maximum Gasteiger partial charge on any atom is 0.185 e. The first-order chi connectivity index (χ1) is 14.0. The number of Topliss-reactive ketones (excluding diaryl/α,β-unsaturated/α-hetero) is 1. The highest BCUT2D eigenvalue weighted by molar-refractivity contribution is 5.97. The van der Waals surface area contributed by atoms with E-state index in [0.717, 1.165) is 22.4 Å². The molecule has 0 unspecified atom stereocenters. The molecule has 7 heteroatoms. The second-order valence-electron chi connectivity index (χ2n) is 7.29. The van der Waals surface area contributed by atoms with Gasteiger partial charge in [0.15, 0.2) is 17.1 Å². The summed E-state index contributed by atoms with van der Waals surface area (Å²) < 4.78 is 15.0. The summed E-state index contributed by atoms with van der Waals surface area (Å²) in [6.07, 6.45) is 0.768. The normalized spacial score (nSPS) is 16.2. The van der Waals surface area contributed by atoms with Crippen molar-refractivity contribution in [3.05, 3.63) is 77.0 Å². The Hall–Kier alpha value is -3.61. The molecule has 2 heterocycles. The summed E-state index contributed by atoms with van der Waals surface area (Å²) in [5, 5.41) is 23.3. The molecule has 2 aromatic carbocycles. The molecule has 0 fully saturated rings. The van der Waals surface area contributed by atoms with Crippen LogP contribution < -0.4 is 0 Å². The van der Waals surface area contributed by atoms with Crippen LogP contribution in [0.3, 0.4) is 0 Å². The van der Waals surface area contributed by atoms with Crippen molar-refractivity contribution in [3.63, 3.8) is 0 Å². The zero-order valence-electron chi connectivity index (χ0n) is 15.6.